The summed E-state index contributed by atoms with van der Waals surface area (Å²) in [4.78, 5) is 16.1. The first-order valence-corrected chi connectivity index (χ1v) is 8.62. The number of nitriles is 1. The van der Waals surface area contributed by atoms with E-state index in [4.69, 9.17) is 14.7 Å². The minimum atomic E-state index is -0.112. The van der Waals surface area contributed by atoms with Gasteiger partial charge in [0.1, 0.15) is 18.1 Å². The van der Waals surface area contributed by atoms with Crippen LogP contribution in [0.25, 0.3) is 6.08 Å². The SMILES string of the molecule is COc1ccc(/C=C/C(=O)c2cccnc2)cc1COc1ccc(C#N)cc1. The van der Waals surface area contributed by atoms with Crippen molar-refractivity contribution in [1.82, 2.24) is 4.98 Å². The molecule has 0 saturated carbocycles. The van der Waals surface area contributed by atoms with Crippen LogP contribution in [-0.2, 0) is 6.61 Å². The van der Waals surface area contributed by atoms with Crippen LogP contribution in [0.15, 0.2) is 73.1 Å². The van der Waals surface area contributed by atoms with Gasteiger partial charge in [0.2, 0.25) is 0 Å². The van der Waals surface area contributed by atoms with Crippen LogP contribution in [0, 0.1) is 11.3 Å². The van der Waals surface area contributed by atoms with E-state index in [1.54, 1.807) is 55.8 Å². The van der Waals surface area contributed by atoms with E-state index in [0.717, 1.165) is 11.1 Å². The van der Waals surface area contributed by atoms with Crippen LogP contribution in [0.1, 0.15) is 27.0 Å². The van der Waals surface area contributed by atoms with Crippen molar-refractivity contribution < 1.29 is 14.3 Å². The van der Waals surface area contributed by atoms with Crippen LogP contribution in [0.2, 0.25) is 0 Å². The molecule has 0 spiro atoms. The molecular weight excluding hydrogens is 352 g/mol. The molecular formula is C23H18N2O3. The van der Waals surface area contributed by atoms with Crippen molar-refractivity contribution in [3.8, 4) is 17.6 Å². The van der Waals surface area contributed by atoms with Crippen molar-refractivity contribution in [3.63, 3.8) is 0 Å². The smallest absolute Gasteiger partial charge is 0.187 e. The van der Waals surface area contributed by atoms with Gasteiger partial charge in [-0.15, -0.1) is 0 Å². The number of carbonyl (C=O) groups is 1. The molecule has 0 aliphatic carbocycles. The molecule has 0 bridgehead atoms. The second-order valence-corrected chi connectivity index (χ2v) is 5.94. The largest absolute Gasteiger partial charge is 0.496 e. The second-order valence-electron chi connectivity index (χ2n) is 5.94. The zero-order valence-corrected chi connectivity index (χ0v) is 15.3. The van der Waals surface area contributed by atoms with Gasteiger partial charge in [0.05, 0.1) is 18.7 Å². The molecule has 0 fully saturated rings. The molecule has 3 aromatic rings. The van der Waals surface area contributed by atoms with E-state index in [1.165, 1.54) is 12.3 Å². The van der Waals surface area contributed by atoms with Crippen molar-refractivity contribution in [2.45, 2.75) is 6.61 Å². The summed E-state index contributed by atoms with van der Waals surface area (Å²) in [6.07, 6.45) is 6.44. The van der Waals surface area contributed by atoms with Gasteiger partial charge in [-0.1, -0.05) is 12.1 Å². The third-order valence-corrected chi connectivity index (χ3v) is 4.06. The molecule has 0 saturated heterocycles. The summed E-state index contributed by atoms with van der Waals surface area (Å²) in [5, 5.41) is 8.86. The molecule has 28 heavy (non-hydrogen) atoms. The Kier molecular flexibility index (Phi) is 6.17. The number of nitrogens with zero attached hydrogens (tertiary/aromatic N) is 2. The standard InChI is InChI=1S/C23H18N2O3/c1-27-23-11-7-17(6-10-22(26)19-3-2-12-25-15-19)13-20(23)16-28-21-8-4-18(14-24)5-9-21/h2-13,15H,16H2,1H3/b10-6+. The topological polar surface area (TPSA) is 72.2 Å². The van der Waals surface area contributed by atoms with Gasteiger partial charge in [-0.25, -0.2) is 0 Å². The van der Waals surface area contributed by atoms with Gasteiger partial charge < -0.3 is 9.47 Å². The fourth-order valence-corrected chi connectivity index (χ4v) is 2.58. The first-order chi connectivity index (χ1) is 13.7. The van der Waals surface area contributed by atoms with Crippen molar-refractivity contribution >= 4 is 11.9 Å². The molecule has 5 nitrogen and oxygen atoms in total. The molecule has 0 radical (unpaired) electrons. The lowest BCUT2D eigenvalue weighted by Crippen LogP contribution is -1.99. The van der Waals surface area contributed by atoms with Crippen molar-refractivity contribution in [3.05, 3.63) is 95.3 Å². The molecule has 2 aromatic carbocycles. The van der Waals surface area contributed by atoms with Crippen LogP contribution >= 0.6 is 0 Å². The summed E-state index contributed by atoms with van der Waals surface area (Å²) in [6.45, 7) is 0.299. The molecule has 138 valence electrons. The van der Waals surface area contributed by atoms with Crippen molar-refractivity contribution in [1.29, 1.82) is 5.26 Å². The van der Waals surface area contributed by atoms with Gasteiger partial charge in [0.15, 0.2) is 5.78 Å². The zero-order chi connectivity index (χ0) is 19.8. The number of pyridine rings is 1. The minimum Gasteiger partial charge on any atom is -0.496 e. The highest BCUT2D eigenvalue weighted by Gasteiger charge is 2.06. The third-order valence-electron chi connectivity index (χ3n) is 4.06. The molecule has 0 atom stereocenters. The molecule has 0 aliphatic rings. The van der Waals surface area contributed by atoms with E-state index >= 15 is 0 Å². The van der Waals surface area contributed by atoms with Gasteiger partial charge in [0.25, 0.3) is 0 Å². The van der Waals surface area contributed by atoms with E-state index in [-0.39, 0.29) is 5.78 Å². The Morgan fingerprint density at radius 1 is 1.18 bits per heavy atom. The van der Waals surface area contributed by atoms with Gasteiger partial charge in [-0.2, -0.15) is 5.26 Å². The first kappa shape index (κ1) is 18.9. The number of allylic oxidation sites excluding steroid dienone is 1. The fraction of sp³-hybridized carbons (Fsp3) is 0.0870. The van der Waals surface area contributed by atoms with Gasteiger partial charge in [-0.05, 0) is 60.2 Å². The van der Waals surface area contributed by atoms with Crippen LogP contribution in [0.5, 0.6) is 11.5 Å². The summed E-state index contributed by atoms with van der Waals surface area (Å²) < 4.78 is 11.2. The Morgan fingerprint density at radius 2 is 2.00 bits per heavy atom. The van der Waals surface area contributed by atoms with Crippen LogP contribution in [0.4, 0.5) is 0 Å². The van der Waals surface area contributed by atoms with E-state index in [0.29, 0.717) is 29.2 Å². The lowest BCUT2D eigenvalue weighted by Gasteiger charge is -2.11. The number of ether oxygens (including phenoxy) is 2. The molecule has 5 heteroatoms. The summed E-state index contributed by atoms with van der Waals surface area (Å²) in [5.41, 5.74) is 2.83. The predicted octanol–water partition coefficient (Wildman–Crippen LogP) is 4.44. The van der Waals surface area contributed by atoms with E-state index in [2.05, 4.69) is 11.1 Å². The molecule has 0 aliphatic heterocycles. The van der Waals surface area contributed by atoms with Crippen LogP contribution in [0.3, 0.4) is 0 Å². The molecule has 3 rings (SSSR count). The number of hydrogen-bond donors (Lipinski definition) is 0. The molecule has 1 aromatic heterocycles. The van der Waals surface area contributed by atoms with Gasteiger partial charge in [-0.3, -0.25) is 9.78 Å². The Bertz CT molecular complexity index is 1020. The summed E-state index contributed by atoms with van der Waals surface area (Å²) >= 11 is 0. The number of hydrogen-bond acceptors (Lipinski definition) is 5. The van der Waals surface area contributed by atoms with Crippen molar-refractivity contribution in [2.75, 3.05) is 7.11 Å². The summed E-state index contributed by atoms with van der Waals surface area (Å²) in [5.74, 6) is 1.25. The average Bonchev–Trinajstić information content (AvgIpc) is 2.77. The molecule has 0 N–H and O–H groups in total. The monoisotopic (exact) mass is 370 g/mol. The second kappa shape index (κ2) is 9.15. The Labute approximate surface area is 163 Å². The number of benzene rings is 2. The maximum atomic E-state index is 12.2. The third kappa shape index (κ3) is 4.83. The maximum Gasteiger partial charge on any atom is 0.187 e. The quantitative estimate of drug-likeness (QED) is 0.454. The van der Waals surface area contributed by atoms with Crippen molar-refractivity contribution in [2.24, 2.45) is 0 Å². The number of methoxy groups -OCH3 is 1. The first-order valence-electron chi connectivity index (χ1n) is 8.62. The zero-order valence-electron chi connectivity index (χ0n) is 15.3. The number of aromatic nitrogens is 1. The highest BCUT2D eigenvalue weighted by Crippen LogP contribution is 2.23. The highest BCUT2D eigenvalue weighted by molar-refractivity contribution is 6.06. The molecule has 0 amide bonds. The number of rotatable bonds is 7. The Morgan fingerprint density at radius 3 is 2.68 bits per heavy atom. The minimum absolute atomic E-state index is 0.112. The van der Waals surface area contributed by atoms with Gasteiger partial charge >= 0.3 is 0 Å². The molecule has 1 heterocycles. The average molecular weight is 370 g/mol. The van der Waals surface area contributed by atoms with E-state index < -0.39 is 0 Å². The highest BCUT2D eigenvalue weighted by atomic mass is 16.5. The lowest BCUT2D eigenvalue weighted by molar-refractivity contribution is 0.104. The predicted molar refractivity (Wildman–Crippen MR) is 106 cm³/mol. The summed E-state index contributed by atoms with van der Waals surface area (Å²) in [6, 6.07) is 18.1. The number of carbonyl (C=O) groups excluding carboxylic acids is 1. The maximum absolute atomic E-state index is 12.2. The Hall–Kier alpha value is -3.91. The van der Waals surface area contributed by atoms with E-state index in [1.807, 2.05) is 18.2 Å². The number of ketones is 1. The molecule has 0 unspecified atom stereocenters. The summed E-state index contributed by atoms with van der Waals surface area (Å²) in [7, 11) is 1.60. The fourth-order valence-electron chi connectivity index (χ4n) is 2.58. The van der Waals surface area contributed by atoms with Gasteiger partial charge in [0, 0.05) is 23.5 Å². The van der Waals surface area contributed by atoms with Crippen LogP contribution < -0.4 is 9.47 Å². The van der Waals surface area contributed by atoms with E-state index in [9.17, 15) is 4.79 Å². The van der Waals surface area contributed by atoms with Crippen LogP contribution in [-0.4, -0.2) is 17.9 Å². The lowest BCUT2D eigenvalue weighted by atomic mass is 10.1. The normalized spacial score (nSPS) is 10.4. The Balaban J connectivity index is 1.73.